The number of hydrogen-bond donors (Lipinski definition) is 0. The van der Waals surface area contributed by atoms with Crippen molar-refractivity contribution in [2.45, 2.75) is 83.8 Å². The molecule has 2 aromatic rings. The van der Waals surface area contributed by atoms with E-state index in [0.29, 0.717) is 6.61 Å². The van der Waals surface area contributed by atoms with Gasteiger partial charge in [0.15, 0.2) is 0 Å². The molecule has 4 nitrogen and oxygen atoms in total. The zero-order valence-electron chi connectivity index (χ0n) is 20.0. The van der Waals surface area contributed by atoms with Crippen LogP contribution in [-0.4, -0.2) is 35.8 Å². The first-order valence-corrected chi connectivity index (χ1v) is 12.2. The number of piperidine rings is 1. The van der Waals surface area contributed by atoms with E-state index in [9.17, 15) is 4.79 Å². The number of carbonyl (C=O) groups is 1. The van der Waals surface area contributed by atoms with Crippen LogP contribution in [0.5, 0.6) is 5.75 Å². The second kappa shape index (κ2) is 11.9. The summed E-state index contributed by atoms with van der Waals surface area (Å²) in [4.78, 5) is 14.5. The third-order valence-corrected chi connectivity index (χ3v) is 5.94. The molecule has 1 aliphatic rings. The van der Waals surface area contributed by atoms with E-state index in [1.165, 1.54) is 17.5 Å². The third-order valence-electron chi connectivity index (χ3n) is 5.94. The maximum atomic E-state index is 12.6. The summed E-state index contributed by atoms with van der Waals surface area (Å²) in [6.07, 6.45) is 8.31. The number of likely N-dealkylation sites (tertiary alicyclic amines) is 1. The monoisotopic (exact) mass is 437 g/mol. The molecule has 3 rings (SSSR count). The van der Waals surface area contributed by atoms with Crippen LogP contribution < -0.4 is 4.74 Å². The number of aryl methyl sites for hydroxylation is 2. The Morgan fingerprint density at radius 3 is 2.47 bits per heavy atom. The van der Waals surface area contributed by atoms with Gasteiger partial charge in [0.1, 0.15) is 11.4 Å². The summed E-state index contributed by atoms with van der Waals surface area (Å²) >= 11 is 0. The average Bonchev–Trinajstić information content (AvgIpc) is 2.77. The van der Waals surface area contributed by atoms with E-state index in [-0.39, 0.29) is 12.1 Å². The van der Waals surface area contributed by atoms with Gasteiger partial charge in [-0.25, -0.2) is 4.79 Å². The lowest BCUT2D eigenvalue weighted by molar-refractivity contribution is 0.00742. The molecule has 0 aliphatic carbocycles. The van der Waals surface area contributed by atoms with Crippen molar-refractivity contribution in [1.29, 1.82) is 0 Å². The first-order chi connectivity index (χ1) is 15.4. The van der Waals surface area contributed by atoms with Crippen molar-refractivity contribution in [1.82, 2.24) is 4.90 Å². The quantitative estimate of drug-likeness (QED) is 0.404. The fourth-order valence-corrected chi connectivity index (χ4v) is 4.31. The van der Waals surface area contributed by atoms with Gasteiger partial charge < -0.3 is 14.4 Å². The van der Waals surface area contributed by atoms with E-state index in [2.05, 4.69) is 48.5 Å². The zero-order valence-corrected chi connectivity index (χ0v) is 20.0. The first kappa shape index (κ1) is 24.2. The average molecular weight is 438 g/mol. The van der Waals surface area contributed by atoms with E-state index in [0.717, 1.165) is 57.2 Å². The molecule has 0 aromatic heterocycles. The number of para-hydroxylation sites is 1. The van der Waals surface area contributed by atoms with Crippen molar-refractivity contribution >= 4 is 6.09 Å². The molecular formula is C28H39NO3. The molecule has 1 heterocycles. The molecule has 32 heavy (non-hydrogen) atoms. The number of hydrogen-bond acceptors (Lipinski definition) is 3. The Bertz CT molecular complexity index is 828. The molecular weight excluding hydrogens is 398 g/mol. The van der Waals surface area contributed by atoms with Crippen molar-refractivity contribution in [3.05, 3.63) is 65.7 Å². The van der Waals surface area contributed by atoms with E-state index >= 15 is 0 Å². The Morgan fingerprint density at radius 2 is 1.69 bits per heavy atom. The Balaban J connectivity index is 1.47. The van der Waals surface area contributed by atoms with Gasteiger partial charge in [0.05, 0.1) is 6.61 Å². The summed E-state index contributed by atoms with van der Waals surface area (Å²) in [5.41, 5.74) is 2.21. The lowest BCUT2D eigenvalue weighted by atomic mass is 10.00. The van der Waals surface area contributed by atoms with Crippen LogP contribution in [0.25, 0.3) is 0 Å². The van der Waals surface area contributed by atoms with Crippen LogP contribution in [0.4, 0.5) is 4.79 Å². The molecule has 0 radical (unpaired) electrons. The normalized spacial score (nSPS) is 16.6. The Kier molecular flexibility index (Phi) is 9.01. The Hall–Kier alpha value is -2.49. The summed E-state index contributed by atoms with van der Waals surface area (Å²) in [6.45, 7) is 7.15. The van der Waals surface area contributed by atoms with E-state index in [4.69, 9.17) is 9.47 Å². The maximum absolute atomic E-state index is 12.6. The summed E-state index contributed by atoms with van der Waals surface area (Å²) in [5.74, 6) is 0.979. The molecule has 1 amide bonds. The van der Waals surface area contributed by atoms with Crippen molar-refractivity contribution in [2.75, 3.05) is 13.2 Å². The summed E-state index contributed by atoms with van der Waals surface area (Å²) < 4.78 is 11.8. The predicted octanol–water partition coefficient (Wildman–Crippen LogP) is 6.81. The molecule has 1 fully saturated rings. The molecule has 4 heteroatoms. The minimum atomic E-state index is -0.463. The number of unbranched alkanes of at least 4 members (excludes halogenated alkanes) is 1. The fraction of sp³-hybridized carbons (Fsp3) is 0.536. The number of ether oxygens (including phenoxy) is 2. The highest BCUT2D eigenvalue weighted by molar-refractivity contribution is 5.68. The molecule has 1 saturated heterocycles. The van der Waals surface area contributed by atoms with E-state index in [1.54, 1.807) is 0 Å². The van der Waals surface area contributed by atoms with E-state index < -0.39 is 5.60 Å². The number of amides is 1. The van der Waals surface area contributed by atoms with Crippen LogP contribution in [0.1, 0.15) is 70.4 Å². The molecule has 2 aromatic carbocycles. The minimum absolute atomic E-state index is 0.191. The second-order valence-corrected chi connectivity index (χ2v) is 9.76. The topological polar surface area (TPSA) is 38.8 Å². The zero-order chi connectivity index (χ0) is 22.8. The maximum Gasteiger partial charge on any atom is 0.410 e. The van der Waals surface area contributed by atoms with Gasteiger partial charge in [-0.15, -0.1) is 0 Å². The molecule has 0 saturated carbocycles. The van der Waals surface area contributed by atoms with Crippen LogP contribution >= 0.6 is 0 Å². The molecule has 0 spiro atoms. The third kappa shape index (κ3) is 7.89. The largest absolute Gasteiger partial charge is 0.493 e. The lowest BCUT2D eigenvalue weighted by Crippen LogP contribution is -2.46. The summed E-state index contributed by atoms with van der Waals surface area (Å²) in [5, 5.41) is 0. The predicted molar refractivity (Wildman–Crippen MR) is 130 cm³/mol. The van der Waals surface area contributed by atoms with Crippen LogP contribution in [0, 0.1) is 0 Å². The Morgan fingerprint density at radius 1 is 0.969 bits per heavy atom. The second-order valence-electron chi connectivity index (χ2n) is 9.76. The molecule has 1 atom stereocenters. The number of carbonyl (C=O) groups excluding carboxylic acids is 1. The van der Waals surface area contributed by atoms with Gasteiger partial charge in [0.2, 0.25) is 0 Å². The lowest BCUT2D eigenvalue weighted by Gasteiger charge is -2.36. The van der Waals surface area contributed by atoms with Gasteiger partial charge >= 0.3 is 6.09 Å². The van der Waals surface area contributed by atoms with Gasteiger partial charge in [-0.05, 0) is 82.9 Å². The summed E-state index contributed by atoms with van der Waals surface area (Å²) in [7, 11) is 0. The molecule has 1 unspecified atom stereocenters. The van der Waals surface area contributed by atoms with Crippen LogP contribution in [0.15, 0.2) is 54.6 Å². The highest BCUT2D eigenvalue weighted by Gasteiger charge is 2.30. The number of rotatable bonds is 9. The van der Waals surface area contributed by atoms with Gasteiger partial charge in [-0.1, -0.05) is 48.5 Å². The van der Waals surface area contributed by atoms with Gasteiger partial charge in [0.25, 0.3) is 0 Å². The van der Waals surface area contributed by atoms with Crippen molar-refractivity contribution in [2.24, 2.45) is 0 Å². The molecule has 174 valence electrons. The van der Waals surface area contributed by atoms with Gasteiger partial charge in [0, 0.05) is 19.0 Å². The minimum Gasteiger partial charge on any atom is -0.493 e. The van der Waals surface area contributed by atoms with Crippen molar-refractivity contribution < 1.29 is 14.3 Å². The van der Waals surface area contributed by atoms with Crippen LogP contribution in [0.2, 0.25) is 0 Å². The smallest absolute Gasteiger partial charge is 0.410 e. The molecule has 0 N–H and O–H groups in total. The van der Waals surface area contributed by atoms with Crippen LogP contribution in [0.3, 0.4) is 0 Å². The highest BCUT2D eigenvalue weighted by Crippen LogP contribution is 2.25. The number of nitrogens with zero attached hydrogens (tertiary/aromatic N) is 1. The SMILES string of the molecule is CC(C)(C)OC(=O)N1CCCCC1CCOc1ccccc1CCCCc1ccccc1. The van der Waals surface area contributed by atoms with Gasteiger partial charge in [-0.2, -0.15) is 0 Å². The summed E-state index contributed by atoms with van der Waals surface area (Å²) in [6, 6.07) is 19.2. The Labute approximate surface area is 193 Å². The van der Waals surface area contributed by atoms with E-state index in [1.807, 2.05) is 31.7 Å². The van der Waals surface area contributed by atoms with Crippen molar-refractivity contribution in [3.63, 3.8) is 0 Å². The molecule has 0 bridgehead atoms. The standard InChI is InChI=1S/C28H39NO3/c1-28(2,3)32-27(30)29-21-12-11-18-25(29)20-22-31-26-19-10-9-17-24(26)16-8-7-15-23-13-5-4-6-14-23/h4-6,9-10,13-14,17,19,25H,7-8,11-12,15-16,18,20-22H2,1-3H3. The van der Waals surface area contributed by atoms with Crippen molar-refractivity contribution in [3.8, 4) is 5.75 Å². The van der Waals surface area contributed by atoms with Crippen LogP contribution in [-0.2, 0) is 17.6 Å². The first-order valence-electron chi connectivity index (χ1n) is 12.2. The molecule has 1 aliphatic heterocycles. The number of benzene rings is 2. The van der Waals surface area contributed by atoms with Gasteiger partial charge in [-0.3, -0.25) is 0 Å². The fourth-order valence-electron chi connectivity index (χ4n) is 4.31. The highest BCUT2D eigenvalue weighted by atomic mass is 16.6.